The normalized spacial score (nSPS) is 18.7. The topological polar surface area (TPSA) is 51.2 Å². The molecule has 0 radical (unpaired) electrons. The lowest BCUT2D eigenvalue weighted by molar-refractivity contribution is -0.131. The van der Waals surface area contributed by atoms with Gasteiger partial charge in [0.05, 0.1) is 27.8 Å². The number of amides is 1. The summed E-state index contributed by atoms with van der Waals surface area (Å²) in [6, 6.07) is 10.3. The van der Waals surface area contributed by atoms with Crippen molar-refractivity contribution in [2.45, 2.75) is 32.1 Å². The number of hydrogen-bond donors (Lipinski definition) is 0. The number of benzene rings is 2. The van der Waals surface area contributed by atoms with Crippen molar-refractivity contribution in [2.24, 2.45) is 5.92 Å². The molecule has 1 atom stereocenters. The van der Waals surface area contributed by atoms with E-state index in [0.717, 1.165) is 62.6 Å². The first-order chi connectivity index (χ1) is 17.6. The molecule has 2 aromatic carbocycles. The van der Waals surface area contributed by atoms with E-state index in [9.17, 15) is 4.79 Å². The predicted molar refractivity (Wildman–Crippen MR) is 145 cm³/mol. The number of carbonyl (C=O) groups is 1. The van der Waals surface area contributed by atoms with Gasteiger partial charge < -0.3 is 24.0 Å². The van der Waals surface area contributed by atoms with Gasteiger partial charge in [0.15, 0.2) is 11.5 Å². The number of nitrogens with zero attached hydrogens (tertiary/aromatic N) is 2. The van der Waals surface area contributed by atoms with Gasteiger partial charge in [0, 0.05) is 36.3 Å². The summed E-state index contributed by atoms with van der Waals surface area (Å²) in [5.41, 5.74) is 3.62. The van der Waals surface area contributed by atoms with E-state index in [2.05, 4.69) is 33.4 Å². The molecule has 1 unspecified atom stereocenters. The van der Waals surface area contributed by atoms with Crippen LogP contribution in [0.1, 0.15) is 29.5 Å². The molecule has 0 saturated carbocycles. The number of rotatable bonds is 8. The lowest BCUT2D eigenvalue weighted by atomic mass is 9.96. The average molecular weight is 509 g/mol. The predicted octanol–water partition coefficient (Wildman–Crippen LogP) is 4.81. The molecule has 1 fully saturated rings. The van der Waals surface area contributed by atoms with Crippen molar-refractivity contribution in [2.75, 3.05) is 54.1 Å². The summed E-state index contributed by atoms with van der Waals surface area (Å²) in [5, 5.41) is 3.55. The van der Waals surface area contributed by atoms with E-state index in [-0.39, 0.29) is 5.91 Å². The minimum absolute atomic E-state index is 0.218. The SMILES string of the molecule is COc1cc2c(cc1OC)CC(=O)N(CC1CCCN(CCc3csc4cccc(OC)c34)C1)CC2. The Morgan fingerprint density at radius 3 is 2.56 bits per heavy atom. The molecule has 0 bridgehead atoms. The molecule has 6 nitrogen and oxygen atoms in total. The third-order valence-corrected chi connectivity index (χ3v) is 8.68. The number of thiophene rings is 1. The second kappa shape index (κ2) is 11.1. The van der Waals surface area contributed by atoms with Crippen molar-refractivity contribution < 1.29 is 19.0 Å². The van der Waals surface area contributed by atoms with Gasteiger partial charge in [0.2, 0.25) is 5.91 Å². The molecule has 0 N–H and O–H groups in total. The summed E-state index contributed by atoms with van der Waals surface area (Å²) in [5.74, 6) is 3.13. The standard InChI is InChI=1S/C29H36N2O4S/c1-33-24-7-4-8-27-29(24)22(19-36-27)9-12-30-11-5-6-20(17-30)18-31-13-10-21-14-25(34-2)26(35-3)15-23(21)16-28(31)32/h4,7-8,14-15,19-20H,5-6,9-13,16-18H2,1-3H3. The summed E-state index contributed by atoms with van der Waals surface area (Å²) >= 11 is 1.80. The van der Waals surface area contributed by atoms with Crippen molar-refractivity contribution in [1.82, 2.24) is 9.80 Å². The Morgan fingerprint density at radius 1 is 1.00 bits per heavy atom. The molecule has 0 aliphatic carbocycles. The number of ether oxygens (including phenoxy) is 3. The van der Waals surface area contributed by atoms with Gasteiger partial charge in [-0.1, -0.05) is 6.07 Å². The summed E-state index contributed by atoms with van der Waals surface area (Å²) in [4.78, 5) is 17.9. The third kappa shape index (κ3) is 5.18. The largest absolute Gasteiger partial charge is 0.496 e. The molecular weight excluding hydrogens is 472 g/mol. The van der Waals surface area contributed by atoms with E-state index in [0.29, 0.717) is 18.1 Å². The molecule has 2 aliphatic rings. The van der Waals surface area contributed by atoms with Gasteiger partial charge in [0.25, 0.3) is 0 Å². The van der Waals surface area contributed by atoms with Gasteiger partial charge in [-0.3, -0.25) is 4.79 Å². The second-order valence-corrected chi connectivity index (χ2v) is 10.8. The second-order valence-electron chi connectivity index (χ2n) is 9.90. The molecule has 1 saturated heterocycles. The minimum atomic E-state index is 0.218. The van der Waals surface area contributed by atoms with Crippen molar-refractivity contribution in [3.05, 3.63) is 52.4 Å². The lowest BCUT2D eigenvalue weighted by Crippen LogP contribution is -2.44. The minimum Gasteiger partial charge on any atom is -0.496 e. The van der Waals surface area contributed by atoms with Crippen LogP contribution in [0.3, 0.4) is 0 Å². The van der Waals surface area contributed by atoms with Crippen LogP contribution in [-0.2, 0) is 24.1 Å². The fourth-order valence-corrected chi connectivity index (χ4v) is 6.79. The molecule has 5 rings (SSSR count). The van der Waals surface area contributed by atoms with Crippen LogP contribution < -0.4 is 14.2 Å². The zero-order chi connectivity index (χ0) is 25.1. The van der Waals surface area contributed by atoms with Gasteiger partial charge in [-0.15, -0.1) is 11.3 Å². The monoisotopic (exact) mass is 508 g/mol. The van der Waals surface area contributed by atoms with Crippen LogP contribution in [0.4, 0.5) is 0 Å². The van der Waals surface area contributed by atoms with Crippen LogP contribution in [-0.4, -0.2) is 69.8 Å². The lowest BCUT2D eigenvalue weighted by Gasteiger charge is -2.35. The van der Waals surface area contributed by atoms with E-state index < -0.39 is 0 Å². The molecule has 0 spiro atoms. The molecule has 36 heavy (non-hydrogen) atoms. The van der Waals surface area contributed by atoms with E-state index >= 15 is 0 Å². The van der Waals surface area contributed by atoms with Crippen molar-refractivity contribution in [1.29, 1.82) is 0 Å². The number of hydrogen-bond acceptors (Lipinski definition) is 6. The number of fused-ring (bicyclic) bond motifs is 2. The highest BCUT2D eigenvalue weighted by molar-refractivity contribution is 7.17. The summed E-state index contributed by atoms with van der Waals surface area (Å²) in [6.45, 7) is 4.83. The molecule has 7 heteroatoms. The van der Waals surface area contributed by atoms with Crippen molar-refractivity contribution in [3.8, 4) is 17.2 Å². The number of carbonyl (C=O) groups excluding carboxylic acids is 1. The first-order valence-corrected chi connectivity index (χ1v) is 13.7. The van der Waals surface area contributed by atoms with Crippen LogP contribution in [0.15, 0.2) is 35.7 Å². The Bertz CT molecular complexity index is 1220. The van der Waals surface area contributed by atoms with Crippen LogP contribution >= 0.6 is 11.3 Å². The van der Waals surface area contributed by atoms with Crippen LogP contribution in [0.25, 0.3) is 10.1 Å². The van der Waals surface area contributed by atoms with Crippen LogP contribution in [0.2, 0.25) is 0 Å². The Labute approximate surface area is 217 Å². The molecule has 3 heterocycles. The highest BCUT2D eigenvalue weighted by Crippen LogP contribution is 2.35. The molecule has 2 aliphatic heterocycles. The number of methoxy groups -OCH3 is 3. The fraction of sp³-hybridized carbons (Fsp3) is 0.483. The van der Waals surface area contributed by atoms with E-state index in [4.69, 9.17) is 14.2 Å². The summed E-state index contributed by atoms with van der Waals surface area (Å²) in [7, 11) is 5.05. The highest BCUT2D eigenvalue weighted by atomic mass is 32.1. The summed E-state index contributed by atoms with van der Waals surface area (Å²) < 4.78 is 17.9. The van der Waals surface area contributed by atoms with Gasteiger partial charge in [0.1, 0.15) is 5.75 Å². The fourth-order valence-electron chi connectivity index (χ4n) is 5.78. The van der Waals surface area contributed by atoms with E-state index in [1.807, 2.05) is 12.1 Å². The van der Waals surface area contributed by atoms with Crippen LogP contribution in [0, 0.1) is 5.92 Å². The van der Waals surface area contributed by atoms with Crippen molar-refractivity contribution in [3.63, 3.8) is 0 Å². The van der Waals surface area contributed by atoms with Crippen LogP contribution in [0.5, 0.6) is 17.2 Å². The molecule has 192 valence electrons. The Hall–Kier alpha value is -2.77. The maximum atomic E-state index is 13.2. The first kappa shape index (κ1) is 24.9. The molecule has 1 aromatic heterocycles. The van der Waals surface area contributed by atoms with Gasteiger partial charge in [-0.05, 0) is 84.5 Å². The quantitative estimate of drug-likeness (QED) is 0.437. The van der Waals surface area contributed by atoms with E-state index in [1.165, 1.54) is 34.1 Å². The molecule has 1 amide bonds. The maximum Gasteiger partial charge on any atom is 0.227 e. The number of likely N-dealkylation sites (tertiary alicyclic amines) is 1. The smallest absolute Gasteiger partial charge is 0.227 e. The van der Waals surface area contributed by atoms with Gasteiger partial charge in [-0.25, -0.2) is 0 Å². The van der Waals surface area contributed by atoms with Gasteiger partial charge in [-0.2, -0.15) is 0 Å². The Morgan fingerprint density at radius 2 is 1.78 bits per heavy atom. The number of piperidine rings is 1. The van der Waals surface area contributed by atoms with Gasteiger partial charge >= 0.3 is 0 Å². The maximum absolute atomic E-state index is 13.2. The summed E-state index contributed by atoms with van der Waals surface area (Å²) in [6.07, 6.45) is 4.68. The first-order valence-electron chi connectivity index (χ1n) is 12.9. The Kier molecular flexibility index (Phi) is 7.67. The third-order valence-electron chi connectivity index (χ3n) is 7.69. The molecular formula is C29H36N2O4S. The van der Waals surface area contributed by atoms with Crippen molar-refractivity contribution >= 4 is 27.3 Å². The molecule has 3 aromatic rings. The zero-order valence-corrected chi connectivity index (χ0v) is 22.4. The van der Waals surface area contributed by atoms with E-state index in [1.54, 1.807) is 32.7 Å². The zero-order valence-electron chi connectivity index (χ0n) is 21.5. The highest BCUT2D eigenvalue weighted by Gasteiger charge is 2.27. The Balaban J connectivity index is 1.20. The average Bonchev–Trinajstić information content (AvgIpc) is 3.26.